The first-order valence-corrected chi connectivity index (χ1v) is 6.23. The Kier molecular flexibility index (Phi) is 2.37. The SMILES string of the molecule is Cc1nccc2cc(C3(C(=O)O)CCC3)ccc12. The number of carbonyl (C=O) groups is 1. The van der Waals surface area contributed by atoms with Gasteiger partial charge in [0.15, 0.2) is 0 Å². The third-order valence-electron chi connectivity index (χ3n) is 4.13. The Balaban J connectivity index is 2.17. The van der Waals surface area contributed by atoms with Gasteiger partial charge in [-0.15, -0.1) is 0 Å². The van der Waals surface area contributed by atoms with Crippen molar-refractivity contribution in [2.75, 3.05) is 0 Å². The molecule has 92 valence electrons. The molecule has 0 bridgehead atoms. The van der Waals surface area contributed by atoms with Gasteiger partial charge in [-0.3, -0.25) is 9.78 Å². The highest BCUT2D eigenvalue weighted by Crippen LogP contribution is 2.44. The molecule has 2 aromatic rings. The van der Waals surface area contributed by atoms with Crippen molar-refractivity contribution in [3.05, 3.63) is 41.7 Å². The van der Waals surface area contributed by atoms with Crippen LogP contribution >= 0.6 is 0 Å². The smallest absolute Gasteiger partial charge is 0.314 e. The Labute approximate surface area is 105 Å². The minimum atomic E-state index is -0.695. The molecule has 0 saturated heterocycles. The van der Waals surface area contributed by atoms with Gasteiger partial charge in [-0.25, -0.2) is 0 Å². The summed E-state index contributed by atoms with van der Waals surface area (Å²) in [5.74, 6) is -0.695. The van der Waals surface area contributed by atoms with E-state index in [4.69, 9.17) is 0 Å². The molecule has 1 aromatic carbocycles. The van der Waals surface area contributed by atoms with Crippen LogP contribution in [0.4, 0.5) is 0 Å². The summed E-state index contributed by atoms with van der Waals surface area (Å²) in [7, 11) is 0. The molecule has 1 heterocycles. The number of pyridine rings is 1. The number of aliphatic carboxylic acids is 1. The number of aryl methyl sites for hydroxylation is 1. The molecule has 3 nitrogen and oxygen atoms in total. The molecule has 1 aliphatic rings. The van der Waals surface area contributed by atoms with Crippen LogP contribution < -0.4 is 0 Å². The van der Waals surface area contributed by atoms with E-state index in [2.05, 4.69) is 4.98 Å². The summed E-state index contributed by atoms with van der Waals surface area (Å²) in [6.45, 7) is 1.97. The second-order valence-electron chi connectivity index (χ2n) is 5.07. The van der Waals surface area contributed by atoms with Crippen LogP contribution in [0.15, 0.2) is 30.5 Å². The predicted octanol–water partition coefficient (Wildman–Crippen LogP) is 3.05. The normalized spacial score (nSPS) is 17.4. The Morgan fingerprint density at radius 2 is 2.11 bits per heavy atom. The lowest BCUT2D eigenvalue weighted by Crippen LogP contribution is -2.42. The molecule has 1 aromatic heterocycles. The number of carboxylic acid groups (broad SMARTS) is 1. The Hall–Kier alpha value is -1.90. The zero-order chi connectivity index (χ0) is 12.8. The molecule has 0 amide bonds. The van der Waals surface area contributed by atoms with E-state index in [0.717, 1.165) is 41.3 Å². The van der Waals surface area contributed by atoms with Gasteiger partial charge in [-0.2, -0.15) is 0 Å². The highest BCUT2D eigenvalue weighted by atomic mass is 16.4. The molecule has 1 aliphatic carbocycles. The Morgan fingerprint density at radius 3 is 2.72 bits per heavy atom. The van der Waals surface area contributed by atoms with Gasteiger partial charge in [0.2, 0.25) is 0 Å². The zero-order valence-electron chi connectivity index (χ0n) is 10.3. The fraction of sp³-hybridized carbons (Fsp3) is 0.333. The fourth-order valence-electron chi connectivity index (χ4n) is 2.78. The van der Waals surface area contributed by atoms with Gasteiger partial charge in [0.25, 0.3) is 0 Å². The van der Waals surface area contributed by atoms with Crippen LogP contribution in [0.2, 0.25) is 0 Å². The number of nitrogens with zero attached hydrogens (tertiary/aromatic N) is 1. The third kappa shape index (κ3) is 1.43. The maximum Gasteiger partial charge on any atom is 0.314 e. The van der Waals surface area contributed by atoms with Gasteiger partial charge in [-0.05, 0) is 42.8 Å². The van der Waals surface area contributed by atoms with E-state index in [0.29, 0.717) is 0 Å². The number of benzene rings is 1. The quantitative estimate of drug-likeness (QED) is 0.879. The lowest BCUT2D eigenvalue weighted by Gasteiger charge is -2.38. The molecule has 0 atom stereocenters. The molecule has 18 heavy (non-hydrogen) atoms. The summed E-state index contributed by atoms with van der Waals surface area (Å²) in [6, 6.07) is 7.90. The van der Waals surface area contributed by atoms with Gasteiger partial charge in [0, 0.05) is 17.3 Å². The molecule has 0 radical (unpaired) electrons. The lowest BCUT2D eigenvalue weighted by molar-refractivity contribution is -0.147. The van der Waals surface area contributed by atoms with Crippen LogP contribution in [0.25, 0.3) is 10.8 Å². The van der Waals surface area contributed by atoms with Crippen LogP contribution in [0.1, 0.15) is 30.5 Å². The number of aromatic nitrogens is 1. The predicted molar refractivity (Wildman–Crippen MR) is 69.6 cm³/mol. The van der Waals surface area contributed by atoms with Crippen molar-refractivity contribution in [2.24, 2.45) is 0 Å². The third-order valence-corrected chi connectivity index (χ3v) is 4.13. The van der Waals surface area contributed by atoms with Gasteiger partial charge in [0.1, 0.15) is 0 Å². The molecule has 0 unspecified atom stereocenters. The van der Waals surface area contributed by atoms with Crippen LogP contribution in [0.5, 0.6) is 0 Å². The Morgan fingerprint density at radius 1 is 1.33 bits per heavy atom. The van der Waals surface area contributed by atoms with E-state index < -0.39 is 11.4 Å². The van der Waals surface area contributed by atoms with Crippen molar-refractivity contribution in [1.82, 2.24) is 4.98 Å². The van der Waals surface area contributed by atoms with Crippen LogP contribution in [-0.2, 0) is 10.2 Å². The van der Waals surface area contributed by atoms with Gasteiger partial charge in [-0.1, -0.05) is 18.6 Å². The Bertz CT molecular complexity index is 629. The standard InChI is InChI=1S/C15H15NO2/c1-10-13-4-3-12(9-11(13)5-8-16-10)15(14(17)18)6-2-7-15/h3-5,8-9H,2,6-7H2,1H3,(H,17,18). The fourth-order valence-corrected chi connectivity index (χ4v) is 2.78. The van der Waals surface area contributed by atoms with Crippen LogP contribution in [-0.4, -0.2) is 16.1 Å². The summed E-state index contributed by atoms with van der Waals surface area (Å²) in [4.78, 5) is 15.7. The van der Waals surface area contributed by atoms with E-state index >= 15 is 0 Å². The van der Waals surface area contributed by atoms with Gasteiger partial charge in [0.05, 0.1) is 5.41 Å². The molecule has 0 aliphatic heterocycles. The first-order valence-electron chi connectivity index (χ1n) is 6.23. The molecule has 0 spiro atoms. The summed E-state index contributed by atoms with van der Waals surface area (Å²) >= 11 is 0. The van der Waals surface area contributed by atoms with Crippen molar-refractivity contribution in [3.63, 3.8) is 0 Å². The highest BCUT2D eigenvalue weighted by molar-refractivity contribution is 5.88. The largest absolute Gasteiger partial charge is 0.481 e. The topological polar surface area (TPSA) is 50.2 Å². The molecular weight excluding hydrogens is 226 g/mol. The number of hydrogen-bond donors (Lipinski definition) is 1. The average molecular weight is 241 g/mol. The van der Waals surface area contributed by atoms with E-state index in [9.17, 15) is 9.90 Å². The monoisotopic (exact) mass is 241 g/mol. The van der Waals surface area contributed by atoms with Crippen LogP contribution in [0.3, 0.4) is 0 Å². The molecule has 1 fully saturated rings. The first kappa shape index (κ1) is 11.2. The average Bonchev–Trinajstić information content (AvgIpc) is 2.27. The highest BCUT2D eigenvalue weighted by Gasteiger charge is 2.45. The molecule has 1 N–H and O–H groups in total. The van der Waals surface area contributed by atoms with Crippen LogP contribution in [0, 0.1) is 6.92 Å². The summed E-state index contributed by atoms with van der Waals surface area (Å²) in [5, 5.41) is 11.6. The number of rotatable bonds is 2. The van der Waals surface area contributed by atoms with Crippen molar-refractivity contribution >= 4 is 16.7 Å². The number of hydrogen-bond acceptors (Lipinski definition) is 2. The van der Waals surface area contributed by atoms with Crippen molar-refractivity contribution < 1.29 is 9.90 Å². The van der Waals surface area contributed by atoms with Crippen molar-refractivity contribution in [1.29, 1.82) is 0 Å². The minimum Gasteiger partial charge on any atom is -0.481 e. The van der Waals surface area contributed by atoms with Gasteiger partial charge < -0.3 is 5.11 Å². The number of carboxylic acids is 1. The van der Waals surface area contributed by atoms with Gasteiger partial charge >= 0.3 is 5.97 Å². The van der Waals surface area contributed by atoms with E-state index in [1.54, 1.807) is 6.20 Å². The van der Waals surface area contributed by atoms with E-state index in [-0.39, 0.29) is 0 Å². The minimum absolute atomic E-state index is 0.647. The van der Waals surface area contributed by atoms with Crippen molar-refractivity contribution in [3.8, 4) is 0 Å². The second kappa shape index (κ2) is 3.80. The summed E-state index contributed by atoms with van der Waals surface area (Å²) in [6.07, 6.45) is 4.27. The number of fused-ring (bicyclic) bond motifs is 1. The lowest BCUT2D eigenvalue weighted by atomic mass is 9.64. The van der Waals surface area contributed by atoms with E-state index in [1.165, 1.54) is 0 Å². The van der Waals surface area contributed by atoms with Crippen molar-refractivity contribution in [2.45, 2.75) is 31.6 Å². The molecule has 3 rings (SSSR count). The molecular formula is C15H15NO2. The zero-order valence-corrected chi connectivity index (χ0v) is 10.3. The molecule has 3 heteroatoms. The summed E-state index contributed by atoms with van der Waals surface area (Å²) in [5.41, 5.74) is 1.27. The first-order chi connectivity index (χ1) is 8.63. The van der Waals surface area contributed by atoms with E-state index in [1.807, 2.05) is 31.2 Å². The molecule has 1 saturated carbocycles. The maximum atomic E-state index is 11.5. The maximum absolute atomic E-state index is 11.5. The second-order valence-corrected chi connectivity index (χ2v) is 5.07. The summed E-state index contributed by atoms with van der Waals surface area (Å²) < 4.78 is 0.